The fraction of sp³-hybridized carbons (Fsp3) is 0. The number of hydrogen-bond donors (Lipinski definition) is 2. The van der Waals surface area contributed by atoms with Crippen molar-refractivity contribution in [1.82, 2.24) is 0 Å². The third-order valence-corrected chi connectivity index (χ3v) is 1.17. The van der Waals surface area contributed by atoms with Gasteiger partial charge in [0, 0.05) is 0 Å². The van der Waals surface area contributed by atoms with E-state index in [2.05, 4.69) is 4.74 Å². The Morgan fingerprint density at radius 2 is 1.92 bits per heavy atom. The molecule has 0 fully saturated rings. The van der Waals surface area contributed by atoms with Crippen LogP contribution in [-0.4, -0.2) is 11.8 Å². The van der Waals surface area contributed by atoms with E-state index in [1.807, 2.05) is 0 Å². The Kier molecular flexibility index (Phi) is 2.42. The summed E-state index contributed by atoms with van der Waals surface area (Å²) in [4.78, 5) is 10.7. The summed E-state index contributed by atoms with van der Waals surface area (Å²) in [6, 6.07) is 8.47. The van der Waals surface area contributed by atoms with Gasteiger partial charge in [0.1, 0.15) is 5.75 Å². The zero-order valence-electron chi connectivity index (χ0n) is 6.28. The third kappa shape index (κ3) is 2.09. The van der Waals surface area contributed by atoms with E-state index in [1.165, 1.54) is 0 Å². The number of esters is 1. The molecule has 0 aliphatic heterocycles. The number of para-hydroxylation sites is 1. The van der Waals surface area contributed by atoms with E-state index >= 15 is 0 Å². The van der Waals surface area contributed by atoms with Crippen LogP contribution in [0.5, 0.6) is 5.75 Å². The van der Waals surface area contributed by atoms with E-state index in [0.29, 0.717) is 5.75 Å². The molecular formula is C8H8N2O2. The SMILES string of the molecule is N=C(N)C(=O)Oc1ccccc1. The van der Waals surface area contributed by atoms with Crippen LogP contribution in [0, 0.1) is 5.41 Å². The van der Waals surface area contributed by atoms with Crippen LogP contribution in [0.25, 0.3) is 0 Å². The lowest BCUT2D eigenvalue weighted by molar-refractivity contribution is -0.127. The lowest BCUT2D eigenvalue weighted by Gasteiger charge is -2.00. The van der Waals surface area contributed by atoms with E-state index in [-0.39, 0.29) is 0 Å². The van der Waals surface area contributed by atoms with E-state index in [4.69, 9.17) is 11.1 Å². The van der Waals surface area contributed by atoms with E-state index < -0.39 is 11.8 Å². The van der Waals surface area contributed by atoms with Gasteiger partial charge in [0.2, 0.25) is 5.84 Å². The summed E-state index contributed by atoms with van der Waals surface area (Å²) in [6.07, 6.45) is 0. The Balaban J connectivity index is 2.65. The highest BCUT2D eigenvalue weighted by molar-refractivity contribution is 6.33. The molecule has 0 aliphatic carbocycles. The third-order valence-electron chi connectivity index (χ3n) is 1.17. The molecule has 0 aliphatic rings. The van der Waals surface area contributed by atoms with Gasteiger partial charge < -0.3 is 10.5 Å². The molecule has 4 heteroatoms. The summed E-state index contributed by atoms with van der Waals surface area (Å²) < 4.78 is 4.69. The molecular weight excluding hydrogens is 156 g/mol. The van der Waals surface area contributed by atoms with Gasteiger partial charge in [-0.1, -0.05) is 18.2 Å². The first-order valence-corrected chi connectivity index (χ1v) is 3.31. The molecule has 12 heavy (non-hydrogen) atoms. The summed E-state index contributed by atoms with van der Waals surface area (Å²) in [7, 11) is 0. The Bertz CT molecular complexity index is 295. The van der Waals surface area contributed by atoms with Crippen LogP contribution in [0.15, 0.2) is 30.3 Å². The highest BCUT2D eigenvalue weighted by Gasteiger charge is 2.06. The second-order valence-corrected chi connectivity index (χ2v) is 2.12. The fourth-order valence-corrected chi connectivity index (χ4v) is 0.651. The van der Waals surface area contributed by atoms with E-state index in [9.17, 15) is 4.79 Å². The molecule has 0 radical (unpaired) electrons. The summed E-state index contributed by atoms with van der Waals surface area (Å²) in [6.45, 7) is 0. The van der Waals surface area contributed by atoms with E-state index in [0.717, 1.165) is 0 Å². The van der Waals surface area contributed by atoms with Crippen molar-refractivity contribution < 1.29 is 9.53 Å². The molecule has 0 spiro atoms. The van der Waals surface area contributed by atoms with Gasteiger partial charge in [0.25, 0.3) is 0 Å². The molecule has 0 unspecified atom stereocenters. The smallest absolute Gasteiger partial charge is 0.378 e. The van der Waals surface area contributed by atoms with Crippen LogP contribution in [-0.2, 0) is 4.79 Å². The maximum absolute atomic E-state index is 10.7. The van der Waals surface area contributed by atoms with Crippen LogP contribution < -0.4 is 10.5 Å². The molecule has 1 rings (SSSR count). The largest absolute Gasteiger partial charge is 0.421 e. The predicted octanol–water partition coefficient (Wildman–Crippen LogP) is 0.528. The average Bonchev–Trinajstić information content (AvgIpc) is 2.06. The minimum Gasteiger partial charge on any atom is -0.421 e. The van der Waals surface area contributed by atoms with Crippen LogP contribution in [0.2, 0.25) is 0 Å². The Morgan fingerprint density at radius 1 is 1.33 bits per heavy atom. The molecule has 0 bridgehead atoms. The Morgan fingerprint density at radius 3 is 2.42 bits per heavy atom. The standard InChI is InChI=1S/C8H8N2O2/c9-7(10)8(11)12-6-4-2-1-3-5-6/h1-5H,(H3,9,10). The topological polar surface area (TPSA) is 76.2 Å². The number of rotatable bonds is 1. The quantitative estimate of drug-likeness (QED) is 0.275. The van der Waals surface area contributed by atoms with Gasteiger partial charge in [-0.3, -0.25) is 5.41 Å². The monoisotopic (exact) mass is 164 g/mol. The molecule has 0 heterocycles. The molecule has 0 saturated heterocycles. The first-order chi connectivity index (χ1) is 5.70. The Hall–Kier alpha value is -1.84. The maximum atomic E-state index is 10.7. The number of nitrogens with one attached hydrogen (secondary N) is 1. The molecule has 0 atom stereocenters. The molecule has 3 N–H and O–H groups in total. The van der Waals surface area contributed by atoms with Crippen molar-refractivity contribution in [3.8, 4) is 5.75 Å². The minimum atomic E-state index is -0.832. The van der Waals surface area contributed by atoms with E-state index in [1.54, 1.807) is 30.3 Å². The van der Waals surface area contributed by atoms with Gasteiger partial charge >= 0.3 is 5.97 Å². The van der Waals surface area contributed by atoms with Gasteiger partial charge in [-0.05, 0) is 12.1 Å². The Labute approximate surface area is 69.5 Å². The molecule has 4 nitrogen and oxygen atoms in total. The summed E-state index contributed by atoms with van der Waals surface area (Å²) in [5.74, 6) is -1.04. The number of carbonyl (C=O) groups is 1. The highest BCUT2D eigenvalue weighted by Crippen LogP contribution is 2.07. The van der Waals surface area contributed by atoms with Gasteiger partial charge in [-0.25, -0.2) is 4.79 Å². The van der Waals surface area contributed by atoms with Crippen molar-refractivity contribution in [1.29, 1.82) is 5.41 Å². The number of hydrogen-bond acceptors (Lipinski definition) is 3. The molecule has 0 amide bonds. The van der Waals surface area contributed by atoms with Crippen LogP contribution in [0.1, 0.15) is 0 Å². The van der Waals surface area contributed by atoms with Gasteiger partial charge in [-0.15, -0.1) is 0 Å². The van der Waals surface area contributed by atoms with Crippen molar-refractivity contribution >= 4 is 11.8 Å². The maximum Gasteiger partial charge on any atom is 0.378 e. The number of carbonyl (C=O) groups excluding carboxylic acids is 1. The van der Waals surface area contributed by atoms with Gasteiger partial charge in [0.05, 0.1) is 0 Å². The lowest BCUT2D eigenvalue weighted by atomic mass is 10.3. The van der Waals surface area contributed by atoms with Gasteiger partial charge in [0.15, 0.2) is 0 Å². The molecule has 0 saturated carbocycles. The second-order valence-electron chi connectivity index (χ2n) is 2.12. The van der Waals surface area contributed by atoms with Gasteiger partial charge in [-0.2, -0.15) is 0 Å². The highest BCUT2D eigenvalue weighted by atomic mass is 16.5. The molecule has 0 aromatic heterocycles. The number of nitrogens with two attached hydrogens (primary N) is 1. The predicted molar refractivity (Wildman–Crippen MR) is 44.0 cm³/mol. The van der Waals surface area contributed by atoms with Crippen molar-refractivity contribution in [2.24, 2.45) is 5.73 Å². The average molecular weight is 164 g/mol. The number of amidine groups is 1. The van der Waals surface area contributed by atoms with Crippen molar-refractivity contribution in [2.75, 3.05) is 0 Å². The van der Waals surface area contributed by atoms with Crippen LogP contribution in [0.3, 0.4) is 0 Å². The van der Waals surface area contributed by atoms with Crippen LogP contribution in [0.4, 0.5) is 0 Å². The van der Waals surface area contributed by atoms with Crippen molar-refractivity contribution in [2.45, 2.75) is 0 Å². The fourth-order valence-electron chi connectivity index (χ4n) is 0.651. The molecule has 62 valence electrons. The molecule has 1 aromatic rings. The minimum absolute atomic E-state index is 0.387. The van der Waals surface area contributed by atoms with Crippen LogP contribution >= 0.6 is 0 Å². The van der Waals surface area contributed by atoms with Crippen molar-refractivity contribution in [3.63, 3.8) is 0 Å². The summed E-state index contributed by atoms with van der Waals surface area (Å²) in [5.41, 5.74) is 4.89. The molecule has 1 aromatic carbocycles. The zero-order valence-corrected chi connectivity index (χ0v) is 6.28. The normalized spacial score (nSPS) is 9.00. The lowest BCUT2D eigenvalue weighted by Crippen LogP contribution is -2.26. The summed E-state index contributed by atoms with van der Waals surface area (Å²) >= 11 is 0. The first kappa shape index (κ1) is 8.26. The summed E-state index contributed by atoms with van der Waals surface area (Å²) in [5, 5.41) is 6.75. The first-order valence-electron chi connectivity index (χ1n) is 3.31. The zero-order chi connectivity index (χ0) is 8.97. The number of ether oxygens (including phenoxy) is 1. The number of benzene rings is 1. The van der Waals surface area contributed by atoms with Crippen molar-refractivity contribution in [3.05, 3.63) is 30.3 Å². The second kappa shape index (κ2) is 3.52.